The van der Waals surface area contributed by atoms with E-state index in [-0.39, 0.29) is 23.9 Å². The molecule has 0 atom stereocenters. The third-order valence-corrected chi connectivity index (χ3v) is 6.67. The first-order chi connectivity index (χ1) is 14.2. The van der Waals surface area contributed by atoms with Crippen LogP contribution in [0.5, 0.6) is 0 Å². The van der Waals surface area contributed by atoms with Crippen LogP contribution < -0.4 is 0 Å². The van der Waals surface area contributed by atoms with Crippen LogP contribution in [0, 0.1) is 0 Å². The van der Waals surface area contributed by atoms with Gasteiger partial charge in [0.05, 0.1) is 12.0 Å². The van der Waals surface area contributed by atoms with Crippen LogP contribution in [0.4, 0.5) is 0 Å². The molecule has 3 heterocycles. The lowest BCUT2D eigenvalue weighted by molar-refractivity contribution is -0.139. The Morgan fingerprint density at radius 2 is 1.69 bits per heavy atom. The normalized spacial score (nSPS) is 18.6. The zero-order chi connectivity index (χ0) is 20.1. The molecule has 0 spiro atoms. The van der Waals surface area contributed by atoms with Gasteiger partial charge in [-0.3, -0.25) is 9.59 Å². The van der Waals surface area contributed by atoms with Crippen molar-refractivity contribution in [3.8, 4) is 0 Å². The molecule has 154 valence electrons. The number of piperidine rings is 1. The van der Waals surface area contributed by atoms with Crippen LogP contribution >= 0.6 is 11.3 Å². The van der Waals surface area contributed by atoms with Gasteiger partial charge in [0, 0.05) is 43.8 Å². The number of nitrogens with zero attached hydrogens (tertiary/aromatic N) is 2. The van der Waals surface area contributed by atoms with E-state index in [1.54, 1.807) is 11.3 Å². The molecule has 0 aliphatic carbocycles. The molecule has 4 rings (SSSR count). The zero-order valence-electron chi connectivity index (χ0n) is 16.7. The molecule has 2 aliphatic heterocycles. The molecule has 29 heavy (non-hydrogen) atoms. The minimum atomic E-state index is 0.109. The van der Waals surface area contributed by atoms with E-state index < -0.39 is 0 Å². The Morgan fingerprint density at radius 3 is 2.34 bits per heavy atom. The van der Waals surface area contributed by atoms with Gasteiger partial charge < -0.3 is 14.5 Å². The Morgan fingerprint density at radius 1 is 1.00 bits per heavy atom. The van der Waals surface area contributed by atoms with Gasteiger partial charge in [-0.25, -0.2) is 0 Å². The van der Waals surface area contributed by atoms with Gasteiger partial charge in [0.25, 0.3) is 5.91 Å². The second kappa shape index (κ2) is 9.55. The summed E-state index contributed by atoms with van der Waals surface area (Å²) in [7, 11) is 0. The van der Waals surface area contributed by atoms with Crippen molar-refractivity contribution in [3.63, 3.8) is 0 Å². The molecule has 1 aromatic carbocycles. The number of amides is 2. The quantitative estimate of drug-likeness (QED) is 0.754. The number of hydrogen-bond acceptors (Lipinski definition) is 4. The molecular formula is C23H28N2O3S. The molecule has 2 fully saturated rings. The summed E-state index contributed by atoms with van der Waals surface area (Å²) in [6, 6.07) is 12.3. The van der Waals surface area contributed by atoms with E-state index in [1.165, 1.54) is 0 Å². The Bertz CT molecular complexity index is 795. The van der Waals surface area contributed by atoms with Crippen molar-refractivity contribution in [2.24, 2.45) is 0 Å². The van der Waals surface area contributed by atoms with Gasteiger partial charge in [0.15, 0.2) is 0 Å². The van der Waals surface area contributed by atoms with Crippen molar-refractivity contribution >= 4 is 23.2 Å². The van der Waals surface area contributed by atoms with Crippen molar-refractivity contribution in [2.75, 3.05) is 26.3 Å². The van der Waals surface area contributed by atoms with Crippen molar-refractivity contribution in [1.82, 2.24) is 9.80 Å². The van der Waals surface area contributed by atoms with E-state index in [0.29, 0.717) is 19.5 Å². The molecule has 2 aromatic rings. The molecule has 1 aromatic heterocycles. The number of rotatable bonds is 5. The van der Waals surface area contributed by atoms with E-state index >= 15 is 0 Å². The van der Waals surface area contributed by atoms with Gasteiger partial charge in [0.2, 0.25) is 5.91 Å². The molecular weight excluding hydrogens is 384 g/mol. The summed E-state index contributed by atoms with van der Waals surface area (Å²) < 4.78 is 5.54. The molecule has 2 amide bonds. The van der Waals surface area contributed by atoms with Crippen molar-refractivity contribution in [3.05, 3.63) is 58.3 Å². The van der Waals surface area contributed by atoms with E-state index in [0.717, 1.165) is 50.0 Å². The van der Waals surface area contributed by atoms with Gasteiger partial charge in [0.1, 0.15) is 0 Å². The van der Waals surface area contributed by atoms with Crippen LogP contribution in [-0.4, -0.2) is 60.0 Å². The Hall–Kier alpha value is -2.18. The highest BCUT2D eigenvalue weighted by Crippen LogP contribution is 2.26. The average molecular weight is 413 g/mol. The van der Waals surface area contributed by atoms with Crippen molar-refractivity contribution in [1.29, 1.82) is 0 Å². The maximum atomic E-state index is 13.3. The second-order valence-corrected chi connectivity index (χ2v) is 8.62. The fourth-order valence-electron chi connectivity index (χ4n) is 4.45. The molecule has 0 unspecified atom stereocenters. The van der Waals surface area contributed by atoms with E-state index in [1.807, 2.05) is 52.1 Å². The topological polar surface area (TPSA) is 49.9 Å². The molecule has 2 saturated heterocycles. The number of carbonyl (C=O) groups is 2. The zero-order valence-corrected chi connectivity index (χ0v) is 17.5. The number of hydrogen-bond donors (Lipinski definition) is 0. The fourth-order valence-corrected chi connectivity index (χ4v) is 5.08. The first kappa shape index (κ1) is 20.1. The number of likely N-dealkylation sites (tertiary alicyclic amines) is 1. The Kier molecular flexibility index (Phi) is 6.62. The summed E-state index contributed by atoms with van der Waals surface area (Å²) in [4.78, 5) is 30.0. The van der Waals surface area contributed by atoms with Crippen LogP contribution in [0.3, 0.4) is 0 Å². The first-order valence-electron chi connectivity index (χ1n) is 10.5. The molecule has 0 N–H and O–H groups in total. The summed E-state index contributed by atoms with van der Waals surface area (Å²) in [6.07, 6.45) is 3.91. The maximum Gasteiger partial charge on any atom is 0.254 e. The van der Waals surface area contributed by atoms with E-state index in [4.69, 9.17) is 4.74 Å². The van der Waals surface area contributed by atoms with Gasteiger partial charge in [-0.05, 0) is 42.7 Å². The Balaban J connectivity index is 1.44. The van der Waals surface area contributed by atoms with Crippen LogP contribution in [-0.2, 0) is 16.0 Å². The van der Waals surface area contributed by atoms with Gasteiger partial charge in [-0.2, -0.15) is 11.3 Å². The second-order valence-electron chi connectivity index (χ2n) is 7.84. The predicted molar refractivity (Wildman–Crippen MR) is 114 cm³/mol. The highest BCUT2D eigenvalue weighted by atomic mass is 32.1. The number of benzene rings is 1. The summed E-state index contributed by atoms with van der Waals surface area (Å²) in [5, 5.41) is 3.85. The van der Waals surface area contributed by atoms with E-state index in [9.17, 15) is 9.59 Å². The maximum absolute atomic E-state index is 13.3. The molecule has 0 bridgehead atoms. The van der Waals surface area contributed by atoms with Crippen LogP contribution in [0.2, 0.25) is 0 Å². The number of ether oxygens (including phenoxy) is 1. The summed E-state index contributed by atoms with van der Waals surface area (Å²) in [6.45, 7) is 2.85. The van der Waals surface area contributed by atoms with Gasteiger partial charge in [-0.15, -0.1) is 0 Å². The first-order valence-corrected chi connectivity index (χ1v) is 11.4. The van der Waals surface area contributed by atoms with Gasteiger partial charge >= 0.3 is 0 Å². The summed E-state index contributed by atoms with van der Waals surface area (Å²) >= 11 is 1.55. The van der Waals surface area contributed by atoms with E-state index in [2.05, 4.69) is 4.90 Å². The monoisotopic (exact) mass is 412 g/mol. The molecule has 5 nitrogen and oxygen atoms in total. The molecule has 2 aliphatic rings. The third-order valence-electron chi connectivity index (χ3n) is 5.98. The minimum Gasteiger partial charge on any atom is -0.381 e. The lowest BCUT2D eigenvalue weighted by Crippen LogP contribution is -2.54. The molecule has 0 saturated carbocycles. The fraction of sp³-hybridized carbons (Fsp3) is 0.478. The minimum absolute atomic E-state index is 0.109. The third kappa shape index (κ3) is 4.87. The van der Waals surface area contributed by atoms with Crippen LogP contribution in [0.25, 0.3) is 0 Å². The Labute approximate surface area is 176 Å². The van der Waals surface area contributed by atoms with Gasteiger partial charge in [-0.1, -0.05) is 30.3 Å². The smallest absolute Gasteiger partial charge is 0.254 e. The van der Waals surface area contributed by atoms with Crippen molar-refractivity contribution < 1.29 is 14.3 Å². The van der Waals surface area contributed by atoms with Crippen LogP contribution in [0.15, 0.2) is 47.2 Å². The lowest BCUT2D eigenvalue weighted by atomic mass is 9.96. The highest BCUT2D eigenvalue weighted by molar-refractivity contribution is 7.08. The highest BCUT2D eigenvalue weighted by Gasteiger charge is 2.34. The molecule has 6 heteroatoms. The standard InChI is InChI=1S/C23H28N2O3S/c26-22(16-18-4-2-1-3-5-18)25(21-8-13-28-14-9-21)20-6-11-24(12-7-20)23(27)19-10-15-29-17-19/h1-5,10,15,17,20-21H,6-9,11-14,16H2. The van der Waals surface area contributed by atoms with Crippen molar-refractivity contribution in [2.45, 2.75) is 44.2 Å². The predicted octanol–water partition coefficient (Wildman–Crippen LogP) is 3.60. The summed E-state index contributed by atoms with van der Waals surface area (Å²) in [5.41, 5.74) is 1.83. The SMILES string of the molecule is O=C(c1ccsc1)N1CCC(N(C(=O)Cc2ccccc2)C2CCOCC2)CC1. The average Bonchev–Trinajstić information content (AvgIpc) is 3.30. The van der Waals surface area contributed by atoms with Crippen LogP contribution in [0.1, 0.15) is 41.6 Å². The number of thiophene rings is 1. The number of carbonyl (C=O) groups excluding carboxylic acids is 2. The molecule has 0 radical (unpaired) electrons. The lowest BCUT2D eigenvalue weighted by Gasteiger charge is -2.43. The summed E-state index contributed by atoms with van der Waals surface area (Å²) in [5.74, 6) is 0.309. The largest absolute Gasteiger partial charge is 0.381 e.